The van der Waals surface area contributed by atoms with Crippen LogP contribution in [0.1, 0.15) is 17.0 Å². The predicted octanol–water partition coefficient (Wildman–Crippen LogP) is 9.52. The summed E-state index contributed by atoms with van der Waals surface area (Å²) in [5, 5.41) is 8.60. The third-order valence-electron chi connectivity index (χ3n) is 9.96. The van der Waals surface area contributed by atoms with Gasteiger partial charge in [-0.25, -0.2) is 0 Å². The summed E-state index contributed by atoms with van der Waals surface area (Å²) in [5.74, 6) is 0.0541. The molecule has 8 aromatic rings. The average molecular weight is 766 g/mol. The van der Waals surface area contributed by atoms with Crippen LogP contribution < -0.4 is 31.8 Å². The maximum atomic E-state index is 2.86. The first-order chi connectivity index (χ1) is 26.3. The fourth-order valence-corrected chi connectivity index (χ4v) is 39.6. The normalized spacial score (nSPS) is 12.5. The first-order valence-electron chi connectivity index (χ1n) is 18.2. The molecular formula is C50H44NiP2. The number of benzene rings is 8. The molecule has 53 heavy (non-hydrogen) atoms. The summed E-state index contributed by atoms with van der Waals surface area (Å²) in [6.07, 6.45) is 0. The van der Waals surface area contributed by atoms with E-state index in [1.54, 1.807) is 0 Å². The van der Waals surface area contributed by atoms with Crippen molar-refractivity contribution in [3.8, 4) is 0 Å². The molecular weight excluding hydrogens is 721 g/mol. The van der Waals surface area contributed by atoms with Gasteiger partial charge in [0, 0.05) is 0 Å². The molecule has 0 spiro atoms. The van der Waals surface area contributed by atoms with Crippen LogP contribution >= 0.6 is 12.1 Å². The van der Waals surface area contributed by atoms with E-state index in [9.17, 15) is 0 Å². The Kier molecular flexibility index (Phi) is 10.8. The predicted molar refractivity (Wildman–Crippen MR) is 234 cm³/mol. The van der Waals surface area contributed by atoms with Gasteiger partial charge in [0.05, 0.1) is 0 Å². The Morgan fingerprint density at radius 2 is 0.453 bits per heavy atom. The molecule has 264 valence electrons. The quantitative estimate of drug-likeness (QED) is 0.0910. The van der Waals surface area contributed by atoms with Gasteiger partial charge in [-0.15, -0.1) is 0 Å². The number of rotatable bonds is 11. The van der Waals surface area contributed by atoms with Crippen LogP contribution in [0.5, 0.6) is 0 Å². The molecule has 0 radical (unpaired) electrons. The Hall–Kier alpha value is -5.02. The van der Waals surface area contributed by atoms with Crippen molar-refractivity contribution in [1.82, 2.24) is 0 Å². The summed E-state index contributed by atoms with van der Waals surface area (Å²) in [5.41, 5.74) is 2.63. The third kappa shape index (κ3) is 6.72. The molecule has 0 aliphatic heterocycles. The van der Waals surface area contributed by atoms with E-state index in [4.69, 9.17) is 0 Å². The molecule has 0 aromatic heterocycles. The van der Waals surface area contributed by atoms with Crippen molar-refractivity contribution in [2.75, 3.05) is 0 Å². The topological polar surface area (TPSA) is 0 Å². The molecule has 0 saturated carbocycles. The molecule has 3 heteroatoms. The number of hydrogen-bond acceptors (Lipinski definition) is 0. The van der Waals surface area contributed by atoms with E-state index in [2.05, 4.69) is 248 Å². The second kappa shape index (κ2) is 16.3. The second-order valence-corrected chi connectivity index (χ2v) is 28.7. The minimum absolute atomic E-state index is 0.0541. The molecule has 0 saturated heterocycles. The summed E-state index contributed by atoms with van der Waals surface area (Å²) < 4.78 is 0. The van der Waals surface area contributed by atoms with Crippen LogP contribution in [0.3, 0.4) is 0 Å². The van der Waals surface area contributed by atoms with E-state index in [1.165, 1.54) is 43.0 Å². The molecule has 8 rings (SSSR count). The fraction of sp³-hybridized carbons (Fsp3) is 0.0200. The van der Waals surface area contributed by atoms with E-state index >= 15 is 0 Å². The van der Waals surface area contributed by atoms with Crippen LogP contribution in [0.15, 0.2) is 243 Å². The van der Waals surface area contributed by atoms with Crippen LogP contribution in [0.25, 0.3) is 0 Å². The SMILES string of the molecule is [CH](C(c1ccccc1)c1ccccc1)=[Ni]([PH](c1ccccc1)(c1ccccc1)c1ccccc1)[PH](c1ccccc1)(c1ccccc1)c1ccccc1. The van der Waals surface area contributed by atoms with Crippen molar-refractivity contribution >= 4 is 48.9 Å². The molecule has 0 heterocycles. The van der Waals surface area contributed by atoms with Crippen molar-refractivity contribution in [2.24, 2.45) is 0 Å². The zero-order valence-corrected chi connectivity index (χ0v) is 32.6. The van der Waals surface area contributed by atoms with Gasteiger partial charge >= 0.3 is 321 Å². The Morgan fingerprint density at radius 1 is 0.264 bits per heavy atom. The molecule has 0 fully saturated rings. The van der Waals surface area contributed by atoms with E-state index in [0.29, 0.717) is 0 Å². The van der Waals surface area contributed by atoms with Crippen molar-refractivity contribution in [3.05, 3.63) is 254 Å². The van der Waals surface area contributed by atoms with Crippen LogP contribution in [0.4, 0.5) is 0 Å². The zero-order valence-electron chi connectivity index (χ0n) is 29.6. The fourth-order valence-electron chi connectivity index (χ4n) is 7.61. The minimum atomic E-state index is -3.02. The monoisotopic (exact) mass is 764 g/mol. The van der Waals surface area contributed by atoms with Gasteiger partial charge in [0.2, 0.25) is 0 Å². The zero-order chi connectivity index (χ0) is 35.8. The third-order valence-corrected chi connectivity index (χ3v) is 34.9. The Labute approximate surface area is 319 Å². The van der Waals surface area contributed by atoms with Gasteiger partial charge in [0.1, 0.15) is 0 Å². The van der Waals surface area contributed by atoms with Crippen molar-refractivity contribution in [1.29, 1.82) is 0 Å². The van der Waals surface area contributed by atoms with Gasteiger partial charge in [-0.05, 0) is 0 Å². The molecule has 0 atom stereocenters. The van der Waals surface area contributed by atoms with Gasteiger partial charge < -0.3 is 0 Å². The van der Waals surface area contributed by atoms with Gasteiger partial charge in [-0.3, -0.25) is 0 Å². The van der Waals surface area contributed by atoms with E-state index in [1.807, 2.05) is 0 Å². The standard InChI is InChI=1S/2C18H15P.C14H12.Ni/c2*1-4-10-16(11-5-1)19(17-12-6-2-7-13-17)18-14-8-3-9-15-18;1-12(13-8-4-2-5-9-13)14-10-6-3-7-11-14;/h2*1-15H;1-12H;/q;;;-2/p+2. The van der Waals surface area contributed by atoms with Gasteiger partial charge in [-0.1, -0.05) is 0 Å². The average Bonchev–Trinajstić information content (AvgIpc) is 3.26. The summed E-state index contributed by atoms with van der Waals surface area (Å²) in [6, 6.07) is 85.7. The van der Waals surface area contributed by atoms with E-state index in [0.717, 1.165) is 0 Å². The van der Waals surface area contributed by atoms with E-state index in [-0.39, 0.29) is 5.92 Å². The van der Waals surface area contributed by atoms with Crippen molar-refractivity contribution < 1.29 is 12.1 Å². The molecule has 0 aliphatic carbocycles. The van der Waals surface area contributed by atoms with Crippen LogP contribution in [0.2, 0.25) is 0 Å². The second-order valence-electron chi connectivity index (χ2n) is 13.1. The summed E-state index contributed by atoms with van der Waals surface area (Å²) in [6.45, 7) is 0. The van der Waals surface area contributed by atoms with Crippen LogP contribution in [-0.2, 0) is 12.1 Å². The molecule has 0 aliphatic rings. The summed E-state index contributed by atoms with van der Waals surface area (Å²) in [7, 11) is 0. The van der Waals surface area contributed by atoms with Crippen LogP contribution in [0, 0.1) is 0 Å². The van der Waals surface area contributed by atoms with Crippen molar-refractivity contribution in [3.63, 3.8) is 0 Å². The molecule has 0 nitrogen and oxygen atoms in total. The molecule has 0 N–H and O–H groups in total. The number of hydrogen-bond donors (Lipinski definition) is 0. The summed E-state index contributed by atoms with van der Waals surface area (Å²) in [4.78, 5) is 2.86. The molecule has 0 bridgehead atoms. The van der Waals surface area contributed by atoms with Gasteiger partial charge in [0.15, 0.2) is 0 Å². The maximum absolute atomic E-state index is 3.02. The molecule has 0 unspecified atom stereocenters. The first kappa shape index (κ1) is 35.0. The Morgan fingerprint density at radius 3 is 0.660 bits per heavy atom. The Bertz CT molecular complexity index is 1990. The molecule has 8 aromatic carbocycles. The van der Waals surface area contributed by atoms with Gasteiger partial charge in [-0.2, -0.15) is 0 Å². The summed E-state index contributed by atoms with van der Waals surface area (Å²) >= 11 is -0.644. The van der Waals surface area contributed by atoms with Crippen LogP contribution in [-0.4, -0.2) is 4.99 Å². The van der Waals surface area contributed by atoms with Gasteiger partial charge in [0.25, 0.3) is 0 Å². The first-order valence-corrected chi connectivity index (χ1v) is 25.4. The van der Waals surface area contributed by atoms with Crippen molar-refractivity contribution in [2.45, 2.75) is 5.92 Å². The molecule has 0 amide bonds. The van der Waals surface area contributed by atoms with E-state index < -0.39 is 24.2 Å². The Balaban J connectivity index is 1.67.